The Kier molecular flexibility index (Phi) is 6.57. The molecule has 4 nitrogen and oxygen atoms in total. The van der Waals surface area contributed by atoms with Gasteiger partial charge in [0.2, 0.25) is 0 Å². The molecule has 1 unspecified atom stereocenters. The lowest BCUT2D eigenvalue weighted by Crippen LogP contribution is -2.55. The summed E-state index contributed by atoms with van der Waals surface area (Å²) in [5.41, 5.74) is 5.99. The zero-order valence-electron chi connectivity index (χ0n) is 12.5. The van der Waals surface area contributed by atoms with E-state index >= 15 is 0 Å². The van der Waals surface area contributed by atoms with Gasteiger partial charge < -0.3 is 15.8 Å². The van der Waals surface area contributed by atoms with Crippen LogP contribution in [0.4, 0.5) is 0 Å². The summed E-state index contributed by atoms with van der Waals surface area (Å²) in [6.45, 7) is 15.7. The van der Waals surface area contributed by atoms with Crippen LogP contribution in [-0.2, 0) is 4.74 Å². The molecule has 0 bridgehead atoms. The van der Waals surface area contributed by atoms with Crippen LogP contribution in [0.5, 0.6) is 0 Å². The van der Waals surface area contributed by atoms with E-state index in [2.05, 4.69) is 37.9 Å². The van der Waals surface area contributed by atoms with Crippen molar-refractivity contribution in [3.63, 3.8) is 0 Å². The third-order valence-corrected chi connectivity index (χ3v) is 4.08. The third kappa shape index (κ3) is 4.84. The Morgan fingerprint density at radius 2 is 1.89 bits per heavy atom. The molecule has 18 heavy (non-hydrogen) atoms. The first-order chi connectivity index (χ1) is 8.47. The van der Waals surface area contributed by atoms with Gasteiger partial charge in [-0.15, -0.1) is 0 Å². The van der Waals surface area contributed by atoms with Crippen molar-refractivity contribution in [2.45, 2.75) is 33.2 Å². The molecule has 108 valence electrons. The van der Waals surface area contributed by atoms with Crippen molar-refractivity contribution in [3.8, 4) is 0 Å². The van der Waals surface area contributed by atoms with E-state index in [4.69, 9.17) is 10.5 Å². The molecule has 0 saturated carbocycles. The average Bonchev–Trinajstić information content (AvgIpc) is 2.35. The highest BCUT2D eigenvalue weighted by molar-refractivity contribution is 4.85. The van der Waals surface area contributed by atoms with Gasteiger partial charge in [-0.25, -0.2) is 0 Å². The summed E-state index contributed by atoms with van der Waals surface area (Å²) in [6, 6.07) is 0. The number of nitrogens with one attached hydrogen (secondary N) is 1. The van der Waals surface area contributed by atoms with E-state index in [-0.39, 0.29) is 5.54 Å². The molecule has 1 heterocycles. The maximum absolute atomic E-state index is 5.80. The Hall–Kier alpha value is -0.160. The molecule has 0 radical (unpaired) electrons. The van der Waals surface area contributed by atoms with Crippen molar-refractivity contribution in [1.82, 2.24) is 10.2 Å². The van der Waals surface area contributed by atoms with Gasteiger partial charge in [0.1, 0.15) is 0 Å². The van der Waals surface area contributed by atoms with Gasteiger partial charge in [-0.1, -0.05) is 13.8 Å². The molecule has 4 heteroatoms. The molecule has 0 aromatic carbocycles. The van der Waals surface area contributed by atoms with Crippen LogP contribution in [0.25, 0.3) is 0 Å². The highest BCUT2D eigenvalue weighted by atomic mass is 16.5. The summed E-state index contributed by atoms with van der Waals surface area (Å²) >= 11 is 0. The minimum atomic E-state index is 0.194. The Morgan fingerprint density at radius 1 is 1.28 bits per heavy atom. The third-order valence-electron chi connectivity index (χ3n) is 4.08. The van der Waals surface area contributed by atoms with Gasteiger partial charge in [0.25, 0.3) is 0 Å². The van der Waals surface area contributed by atoms with Crippen molar-refractivity contribution in [2.24, 2.45) is 17.6 Å². The first-order valence-corrected chi connectivity index (χ1v) is 7.21. The minimum Gasteiger partial charge on any atom is -0.379 e. The first kappa shape index (κ1) is 15.9. The number of morpholine rings is 1. The summed E-state index contributed by atoms with van der Waals surface area (Å²) in [7, 11) is 0. The van der Waals surface area contributed by atoms with Gasteiger partial charge in [0.15, 0.2) is 0 Å². The second-order valence-electron chi connectivity index (χ2n) is 6.28. The summed E-state index contributed by atoms with van der Waals surface area (Å²) in [6.07, 6.45) is 0. The van der Waals surface area contributed by atoms with Crippen molar-refractivity contribution >= 4 is 0 Å². The molecule has 1 rings (SSSR count). The highest BCUT2D eigenvalue weighted by Gasteiger charge is 2.28. The molecule has 0 spiro atoms. The second kappa shape index (κ2) is 7.43. The first-order valence-electron chi connectivity index (χ1n) is 7.21. The average molecular weight is 257 g/mol. The molecule has 0 amide bonds. The zero-order valence-corrected chi connectivity index (χ0v) is 12.5. The van der Waals surface area contributed by atoms with Gasteiger partial charge >= 0.3 is 0 Å². The van der Waals surface area contributed by atoms with Crippen LogP contribution >= 0.6 is 0 Å². The van der Waals surface area contributed by atoms with E-state index in [9.17, 15) is 0 Å². The normalized spacial score (nSPS) is 20.3. The van der Waals surface area contributed by atoms with Gasteiger partial charge in [-0.3, -0.25) is 4.90 Å². The molecule has 3 N–H and O–H groups in total. The Labute approximate surface area is 112 Å². The Bertz CT molecular complexity index is 225. The number of hydrogen-bond acceptors (Lipinski definition) is 4. The van der Waals surface area contributed by atoms with Crippen molar-refractivity contribution in [2.75, 3.05) is 45.9 Å². The SMILES string of the molecule is CC(C)C(CN)CNCC(C)(C)N1CCOCC1. The summed E-state index contributed by atoms with van der Waals surface area (Å²) < 4.78 is 5.41. The van der Waals surface area contributed by atoms with Crippen molar-refractivity contribution < 1.29 is 4.74 Å². The lowest BCUT2D eigenvalue weighted by atomic mass is 9.95. The highest BCUT2D eigenvalue weighted by Crippen LogP contribution is 2.15. The number of hydrogen-bond donors (Lipinski definition) is 2. The maximum Gasteiger partial charge on any atom is 0.0594 e. The maximum atomic E-state index is 5.80. The predicted octanol–water partition coefficient (Wildman–Crippen LogP) is 0.918. The van der Waals surface area contributed by atoms with Crippen LogP contribution in [0.2, 0.25) is 0 Å². The van der Waals surface area contributed by atoms with E-state index in [0.29, 0.717) is 11.8 Å². The number of nitrogens with two attached hydrogens (primary N) is 1. The minimum absolute atomic E-state index is 0.194. The standard InChI is InChI=1S/C14H31N3O/c1-12(2)13(9-15)10-16-11-14(3,4)17-5-7-18-8-6-17/h12-13,16H,5-11,15H2,1-4H3. The number of rotatable bonds is 7. The largest absolute Gasteiger partial charge is 0.379 e. The van der Waals surface area contributed by atoms with Crippen LogP contribution in [-0.4, -0.2) is 56.4 Å². The smallest absolute Gasteiger partial charge is 0.0594 e. The molecule has 0 aromatic heterocycles. The molecule has 0 aliphatic carbocycles. The molecule has 1 saturated heterocycles. The van der Waals surface area contributed by atoms with Gasteiger partial charge in [-0.2, -0.15) is 0 Å². The number of ether oxygens (including phenoxy) is 1. The molecule has 1 fully saturated rings. The summed E-state index contributed by atoms with van der Waals surface area (Å²) in [4.78, 5) is 2.51. The lowest BCUT2D eigenvalue weighted by molar-refractivity contribution is -0.00986. The quantitative estimate of drug-likeness (QED) is 0.712. The van der Waals surface area contributed by atoms with Crippen molar-refractivity contribution in [3.05, 3.63) is 0 Å². The zero-order chi connectivity index (χ0) is 13.6. The van der Waals surface area contributed by atoms with Crippen LogP contribution in [0.15, 0.2) is 0 Å². The fraction of sp³-hybridized carbons (Fsp3) is 1.00. The van der Waals surface area contributed by atoms with E-state index in [1.807, 2.05) is 0 Å². The molecular weight excluding hydrogens is 226 g/mol. The van der Waals surface area contributed by atoms with Gasteiger partial charge in [0.05, 0.1) is 13.2 Å². The number of nitrogens with zero attached hydrogens (tertiary/aromatic N) is 1. The molecule has 1 aliphatic heterocycles. The van der Waals surface area contributed by atoms with Gasteiger partial charge in [-0.05, 0) is 38.8 Å². The lowest BCUT2D eigenvalue weighted by Gasteiger charge is -2.41. The molecule has 0 aromatic rings. The van der Waals surface area contributed by atoms with E-state index < -0.39 is 0 Å². The fourth-order valence-corrected chi connectivity index (χ4v) is 2.44. The van der Waals surface area contributed by atoms with E-state index in [0.717, 1.165) is 45.9 Å². The topological polar surface area (TPSA) is 50.5 Å². The Balaban J connectivity index is 2.31. The molecule has 1 aliphatic rings. The monoisotopic (exact) mass is 257 g/mol. The summed E-state index contributed by atoms with van der Waals surface area (Å²) in [5, 5.41) is 3.59. The van der Waals surface area contributed by atoms with Crippen LogP contribution in [0.3, 0.4) is 0 Å². The van der Waals surface area contributed by atoms with E-state index in [1.54, 1.807) is 0 Å². The molecular formula is C14H31N3O. The predicted molar refractivity (Wildman–Crippen MR) is 76.7 cm³/mol. The Morgan fingerprint density at radius 3 is 2.39 bits per heavy atom. The van der Waals surface area contributed by atoms with E-state index in [1.165, 1.54) is 0 Å². The van der Waals surface area contributed by atoms with Crippen LogP contribution < -0.4 is 11.1 Å². The van der Waals surface area contributed by atoms with Crippen molar-refractivity contribution in [1.29, 1.82) is 0 Å². The van der Waals surface area contributed by atoms with Crippen LogP contribution in [0, 0.1) is 11.8 Å². The van der Waals surface area contributed by atoms with Crippen LogP contribution in [0.1, 0.15) is 27.7 Å². The fourth-order valence-electron chi connectivity index (χ4n) is 2.44. The second-order valence-corrected chi connectivity index (χ2v) is 6.28. The molecule has 1 atom stereocenters. The van der Waals surface area contributed by atoms with Gasteiger partial charge in [0, 0.05) is 25.2 Å². The summed E-state index contributed by atoms with van der Waals surface area (Å²) in [5.74, 6) is 1.22.